The highest BCUT2D eigenvalue weighted by atomic mass is 79.9. The molecule has 2 rings (SSSR count). The quantitative estimate of drug-likeness (QED) is 0.935. The lowest BCUT2D eigenvalue weighted by Gasteiger charge is -2.07. The molecule has 0 aliphatic rings. The van der Waals surface area contributed by atoms with Crippen LogP contribution in [0.25, 0.3) is 0 Å². The second-order valence-corrected chi connectivity index (χ2v) is 5.81. The molecular formula is C15H20BrN3. The molecule has 0 aliphatic carbocycles. The third-order valence-corrected chi connectivity index (χ3v) is 4.40. The maximum Gasteiger partial charge on any atom is 0.0641 e. The van der Waals surface area contributed by atoms with E-state index in [1.165, 1.54) is 22.4 Å². The summed E-state index contributed by atoms with van der Waals surface area (Å²) >= 11 is 3.52. The molecule has 0 radical (unpaired) electrons. The second-order valence-electron chi connectivity index (χ2n) is 4.96. The fourth-order valence-corrected chi connectivity index (χ4v) is 2.47. The number of hydrogen-bond acceptors (Lipinski definition) is 2. The summed E-state index contributed by atoms with van der Waals surface area (Å²) in [4.78, 5) is 0. The summed E-state index contributed by atoms with van der Waals surface area (Å²) in [6.07, 6.45) is 0. The first-order valence-corrected chi connectivity index (χ1v) is 7.23. The van der Waals surface area contributed by atoms with Gasteiger partial charge in [-0.15, -0.1) is 0 Å². The standard InChI is InChI=1S/C15H20BrN3/c1-10-7-13(5-6-15(10)16)8-17-9-14-11(2)18-19(4)12(14)3/h5-7,17H,8-9H2,1-4H3. The van der Waals surface area contributed by atoms with Crippen LogP contribution in [0.5, 0.6) is 0 Å². The van der Waals surface area contributed by atoms with Crippen LogP contribution in [0.1, 0.15) is 28.1 Å². The Hall–Kier alpha value is -1.13. The average Bonchev–Trinajstić information content (AvgIpc) is 2.60. The molecule has 0 amide bonds. The molecule has 102 valence electrons. The summed E-state index contributed by atoms with van der Waals surface area (Å²) in [6.45, 7) is 8.03. The van der Waals surface area contributed by atoms with Gasteiger partial charge in [0.05, 0.1) is 5.69 Å². The van der Waals surface area contributed by atoms with Crippen LogP contribution < -0.4 is 5.32 Å². The van der Waals surface area contributed by atoms with Crippen molar-refractivity contribution in [2.45, 2.75) is 33.9 Å². The number of hydrogen-bond donors (Lipinski definition) is 1. The Labute approximate surface area is 123 Å². The molecule has 2 aromatic rings. The first-order valence-electron chi connectivity index (χ1n) is 6.44. The molecule has 1 aromatic carbocycles. The van der Waals surface area contributed by atoms with E-state index < -0.39 is 0 Å². The van der Waals surface area contributed by atoms with Gasteiger partial charge in [0.2, 0.25) is 0 Å². The second kappa shape index (κ2) is 5.88. The van der Waals surface area contributed by atoms with Crippen LogP contribution in [0.2, 0.25) is 0 Å². The lowest BCUT2D eigenvalue weighted by atomic mass is 10.1. The van der Waals surface area contributed by atoms with Crippen LogP contribution in [0.15, 0.2) is 22.7 Å². The third-order valence-electron chi connectivity index (χ3n) is 3.51. The molecule has 0 fully saturated rings. The minimum atomic E-state index is 0.862. The van der Waals surface area contributed by atoms with Gasteiger partial charge in [-0.05, 0) is 38.0 Å². The van der Waals surface area contributed by atoms with Crippen LogP contribution in [-0.4, -0.2) is 9.78 Å². The van der Waals surface area contributed by atoms with Crippen molar-refractivity contribution in [2.24, 2.45) is 7.05 Å². The van der Waals surface area contributed by atoms with E-state index in [1.54, 1.807) is 0 Å². The van der Waals surface area contributed by atoms with E-state index in [2.05, 4.69) is 65.3 Å². The predicted molar refractivity (Wildman–Crippen MR) is 82.1 cm³/mol. The average molecular weight is 322 g/mol. The summed E-state index contributed by atoms with van der Waals surface area (Å²) in [5.41, 5.74) is 6.22. The first kappa shape index (κ1) is 14.3. The van der Waals surface area contributed by atoms with Gasteiger partial charge in [0.15, 0.2) is 0 Å². The molecule has 0 aliphatic heterocycles. The van der Waals surface area contributed by atoms with E-state index >= 15 is 0 Å². The van der Waals surface area contributed by atoms with E-state index in [0.717, 1.165) is 23.3 Å². The van der Waals surface area contributed by atoms with Gasteiger partial charge < -0.3 is 5.32 Å². The van der Waals surface area contributed by atoms with Gasteiger partial charge >= 0.3 is 0 Å². The number of halogens is 1. The normalized spacial score (nSPS) is 11.0. The molecule has 1 aromatic heterocycles. The fourth-order valence-electron chi connectivity index (χ4n) is 2.22. The van der Waals surface area contributed by atoms with E-state index in [1.807, 2.05) is 11.7 Å². The molecule has 1 N–H and O–H groups in total. The van der Waals surface area contributed by atoms with Gasteiger partial charge in [-0.25, -0.2) is 0 Å². The lowest BCUT2D eigenvalue weighted by Crippen LogP contribution is -2.14. The van der Waals surface area contributed by atoms with Gasteiger partial charge in [-0.2, -0.15) is 5.10 Å². The molecule has 0 unspecified atom stereocenters. The largest absolute Gasteiger partial charge is 0.308 e. The van der Waals surface area contributed by atoms with Crippen LogP contribution in [0, 0.1) is 20.8 Å². The van der Waals surface area contributed by atoms with E-state index in [0.29, 0.717) is 0 Å². The maximum atomic E-state index is 4.43. The van der Waals surface area contributed by atoms with Gasteiger partial charge in [0.25, 0.3) is 0 Å². The summed E-state index contributed by atoms with van der Waals surface area (Å²) in [7, 11) is 1.99. The van der Waals surface area contributed by atoms with E-state index in [-0.39, 0.29) is 0 Å². The summed E-state index contributed by atoms with van der Waals surface area (Å²) in [6, 6.07) is 6.46. The Morgan fingerprint density at radius 1 is 1.21 bits per heavy atom. The van der Waals surface area contributed by atoms with Crippen molar-refractivity contribution in [2.75, 3.05) is 0 Å². The molecule has 0 bridgehead atoms. The number of aryl methyl sites for hydroxylation is 3. The van der Waals surface area contributed by atoms with E-state index in [9.17, 15) is 0 Å². The zero-order valence-corrected chi connectivity index (χ0v) is 13.5. The molecule has 1 heterocycles. The van der Waals surface area contributed by atoms with Gasteiger partial charge in [0, 0.05) is 35.9 Å². The zero-order chi connectivity index (χ0) is 14.0. The highest BCUT2D eigenvalue weighted by Crippen LogP contribution is 2.17. The topological polar surface area (TPSA) is 29.9 Å². The molecule has 19 heavy (non-hydrogen) atoms. The Bertz CT molecular complexity index is 587. The van der Waals surface area contributed by atoms with Gasteiger partial charge in [0.1, 0.15) is 0 Å². The molecular weight excluding hydrogens is 302 g/mol. The smallest absolute Gasteiger partial charge is 0.0641 e. The number of benzene rings is 1. The Morgan fingerprint density at radius 2 is 1.95 bits per heavy atom. The van der Waals surface area contributed by atoms with Crippen molar-refractivity contribution < 1.29 is 0 Å². The summed E-state index contributed by atoms with van der Waals surface area (Å²) in [5.74, 6) is 0. The predicted octanol–water partition coefficient (Wildman–Crippen LogP) is 3.40. The minimum Gasteiger partial charge on any atom is -0.308 e. The van der Waals surface area contributed by atoms with Crippen molar-refractivity contribution in [3.63, 3.8) is 0 Å². The first-order chi connectivity index (χ1) is 8.99. The molecule has 0 spiro atoms. The van der Waals surface area contributed by atoms with Gasteiger partial charge in [-0.3, -0.25) is 4.68 Å². The molecule has 0 atom stereocenters. The van der Waals surface area contributed by atoms with Crippen LogP contribution in [0.4, 0.5) is 0 Å². The lowest BCUT2D eigenvalue weighted by molar-refractivity contribution is 0.683. The van der Waals surface area contributed by atoms with E-state index in [4.69, 9.17) is 0 Å². The summed E-state index contributed by atoms with van der Waals surface area (Å²) < 4.78 is 3.10. The SMILES string of the molecule is Cc1cc(CNCc2c(C)nn(C)c2C)ccc1Br. The van der Waals surface area contributed by atoms with Crippen LogP contribution in [-0.2, 0) is 20.1 Å². The highest BCUT2D eigenvalue weighted by Gasteiger charge is 2.08. The third kappa shape index (κ3) is 3.25. The Morgan fingerprint density at radius 3 is 2.53 bits per heavy atom. The van der Waals surface area contributed by atoms with Crippen molar-refractivity contribution in [1.29, 1.82) is 0 Å². The molecule has 0 saturated heterocycles. The minimum absolute atomic E-state index is 0.862. The Balaban J connectivity index is 1.98. The van der Waals surface area contributed by atoms with Gasteiger partial charge in [-0.1, -0.05) is 28.1 Å². The van der Waals surface area contributed by atoms with Crippen molar-refractivity contribution in [1.82, 2.24) is 15.1 Å². The van der Waals surface area contributed by atoms with Crippen molar-refractivity contribution in [3.05, 3.63) is 50.8 Å². The number of nitrogens with zero attached hydrogens (tertiary/aromatic N) is 2. The number of rotatable bonds is 4. The molecule has 0 saturated carbocycles. The van der Waals surface area contributed by atoms with Crippen molar-refractivity contribution in [3.8, 4) is 0 Å². The zero-order valence-electron chi connectivity index (χ0n) is 11.9. The number of aromatic nitrogens is 2. The number of nitrogens with one attached hydrogen (secondary N) is 1. The van der Waals surface area contributed by atoms with Crippen molar-refractivity contribution >= 4 is 15.9 Å². The summed E-state index contributed by atoms with van der Waals surface area (Å²) in [5, 5.41) is 7.92. The maximum absolute atomic E-state index is 4.43. The fraction of sp³-hybridized carbons (Fsp3) is 0.400. The monoisotopic (exact) mass is 321 g/mol. The van der Waals surface area contributed by atoms with Crippen LogP contribution >= 0.6 is 15.9 Å². The van der Waals surface area contributed by atoms with Crippen LogP contribution in [0.3, 0.4) is 0 Å². The molecule has 3 nitrogen and oxygen atoms in total. The highest BCUT2D eigenvalue weighted by molar-refractivity contribution is 9.10. The molecule has 4 heteroatoms. The Kier molecular flexibility index (Phi) is 4.42.